The number of aliphatic hydroxyl groups excluding tert-OH is 1. The number of ether oxygens (including phenoxy) is 2. The largest absolute Gasteiger partial charge is 0.486 e. The van der Waals surface area contributed by atoms with Crippen LogP contribution >= 0.6 is 0 Å². The summed E-state index contributed by atoms with van der Waals surface area (Å²) < 4.78 is 11.2. The van der Waals surface area contributed by atoms with Gasteiger partial charge in [0.15, 0.2) is 11.5 Å². The monoisotopic (exact) mass is 235 g/mol. The molecule has 1 atom stereocenters. The lowest BCUT2D eigenvalue weighted by Gasteiger charge is -2.34. The zero-order chi connectivity index (χ0) is 11.8. The first-order valence-electron chi connectivity index (χ1n) is 6.03. The van der Waals surface area contributed by atoms with E-state index in [0.29, 0.717) is 13.2 Å². The van der Waals surface area contributed by atoms with E-state index in [2.05, 4.69) is 11.0 Å². The molecule has 1 aromatic carbocycles. The lowest BCUT2D eigenvalue weighted by atomic mass is 9.92. The van der Waals surface area contributed by atoms with Gasteiger partial charge in [-0.25, -0.2) is 0 Å². The maximum atomic E-state index is 9.50. The smallest absolute Gasteiger partial charge is 0.161 e. The van der Waals surface area contributed by atoms with Crippen molar-refractivity contribution >= 4 is 0 Å². The summed E-state index contributed by atoms with van der Waals surface area (Å²) >= 11 is 0. The summed E-state index contributed by atoms with van der Waals surface area (Å²) in [6, 6.07) is 4.18. The van der Waals surface area contributed by atoms with E-state index in [1.54, 1.807) is 0 Å². The summed E-state index contributed by atoms with van der Waals surface area (Å²) in [7, 11) is 2.04. The van der Waals surface area contributed by atoms with Crippen molar-refractivity contribution in [3.63, 3.8) is 0 Å². The highest BCUT2D eigenvalue weighted by atomic mass is 16.6. The van der Waals surface area contributed by atoms with Crippen molar-refractivity contribution < 1.29 is 14.6 Å². The van der Waals surface area contributed by atoms with Gasteiger partial charge in [0.25, 0.3) is 0 Å². The molecule has 0 spiro atoms. The Balaban J connectivity index is 2.05. The maximum absolute atomic E-state index is 9.50. The van der Waals surface area contributed by atoms with Crippen LogP contribution in [-0.2, 0) is 6.42 Å². The van der Waals surface area contributed by atoms with E-state index in [4.69, 9.17) is 9.47 Å². The van der Waals surface area contributed by atoms with Gasteiger partial charge in [-0.15, -0.1) is 0 Å². The molecule has 92 valence electrons. The molecule has 0 saturated carbocycles. The molecule has 1 aromatic rings. The van der Waals surface area contributed by atoms with Gasteiger partial charge in [-0.3, -0.25) is 4.90 Å². The van der Waals surface area contributed by atoms with Crippen molar-refractivity contribution in [3.8, 4) is 11.5 Å². The lowest BCUT2D eigenvalue weighted by molar-refractivity contribution is 0.136. The number of likely N-dealkylation sites (N-methyl/N-ethyl adjacent to an activating group) is 1. The Kier molecular flexibility index (Phi) is 2.68. The van der Waals surface area contributed by atoms with E-state index < -0.39 is 0 Å². The van der Waals surface area contributed by atoms with Gasteiger partial charge < -0.3 is 14.6 Å². The molecule has 4 nitrogen and oxygen atoms in total. The van der Waals surface area contributed by atoms with Crippen molar-refractivity contribution in [2.45, 2.75) is 12.5 Å². The third-order valence-electron chi connectivity index (χ3n) is 3.60. The normalized spacial score (nSPS) is 23.3. The number of hydrogen-bond donors (Lipinski definition) is 1. The highest BCUT2D eigenvalue weighted by molar-refractivity contribution is 5.50. The minimum atomic E-state index is 0.0783. The van der Waals surface area contributed by atoms with E-state index in [9.17, 15) is 5.11 Å². The molecule has 1 N–H and O–H groups in total. The van der Waals surface area contributed by atoms with Crippen LogP contribution in [0.5, 0.6) is 11.5 Å². The first-order chi connectivity index (χ1) is 8.29. The summed E-state index contributed by atoms with van der Waals surface area (Å²) in [6.07, 6.45) is 0.999. The lowest BCUT2D eigenvalue weighted by Crippen LogP contribution is -2.34. The summed E-state index contributed by atoms with van der Waals surface area (Å²) in [5.74, 6) is 1.65. The Labute approximate surface area is 101 Å². The Bertz CT molecular complexity index is 433. The Morgan fingerprint density at radius 3 is 2.71 bits per heavy atom. The average Bonchev–Trinajstić information content (AvgIpc) is 2.36. The summed E-state index contributed by atoms with van der Waals surface area (Å²) in [4.78, 5) is 2.18. The molecule has 4 heteroatoms. The third-order valence-corrected chi connectivity index (χ3v) is 3.60. The second-order valence-electron chi connectivity index (χ2n) is 4.62. The quantitative estimate of drug-likeness (QED) is 0.788. The molecule has 0 radical (unpaired) electrons. The molecular weight excluding hydrogens is 218 g/mol. The van der Waals surface area contributed by atoms with Crippen LogP contribution in [0, 0.1) is 0 Å². The summed E-state index contributed by atoms with van der Waals surface area (Å²) in [5.41, 5.74) is 2.44. The molecule has 2 aliphatic heterocycles. The van der Waals surface area contributed by atoms with Crippen LogP contribution in [0.25, 0.3) is 0 Å². The number of aliphatic hydroxyl groups is 1. The molecule has 0 saturated heterocycles. The van der Waals surface area contributed by atoms with Gasteiger partial charge in [-0.2, -0.15) is 0 Å². The van der Waals surface area contributed by atoms with Crippen LogP contribution in [0.3, 0.4) is 0 Å². The van der Waals surface area contributed by atoms with Crippen LogP contribution in [0.1, 0.15) is 17.2 Å². The van der Waals surface area contributed by atoms with Crippen molar-refractivity contribution in [2.75, 3.05) is 33.4 Å². The van der Waals surface area contributed by atoms with Gasteiger partial charge in [0.05, 0.1) is 12.6 Å². The Morgan fingerprint density at radius 2 is 2.00 bits per heavy atom. The topological polar surface area (TPSA) is 41.9 Å². The molecule has 0 bridgehead atoms. The number of fused-ring (bicyclic) bond motifs is 2. The second-order valence-corrected chi connectivity index (χ2v) is 4.62. The molecule has 0 aliphatic carbocycles. The third kappa shape index (κ3) is 1.77. The highest BCUT2D eigenvalue weighted by Crippen LogP contribution is 2.38. The van der Waals surface area contributed by atoms with Crippen molar-refractivity contribution in [3.05, 3.63) is 23.3 Å². The highest BCUT2D eigenvalue weighted by Gasteiger charge is 2.27. The predicted molar refractivity (Wildman–Crippen MR) is 63.6 cm³/mol. The van der Waals surface area contributed by atoms with E-state index in [-0.39, 0.29) is 12.6 Å². The van der Waals surface area contributed by atoms with Gasteiger partial charge >= 0.3 is 0 Å². The minimum absolute atomic E-state index is 0.0783. The average molecular weight is 235 g/mol. The first-order valence-corrected chi connectivity index (χ1v) is 6.03. The second kappa shape index (κ2) is 4.20. The van der Waals surface area contributed by atoms with Crippen molar-refractivity contribution in [2.24, 2.45) is 0 Å². The van der Waals surface area contributed by atoms with Crippen LogP contribution in [0.4, 0.5) is 0 Å². The molecule has 17 heavy (non-hydrogen) atoms. The van der Waals surface area contributed by atoms with Gasteiger partial charge in [-0.1, -0.05) is 0 Å². The zero-order valence-electron chi connectivity index (χ0n) is 9.98. The Morgan fingerprint density at radius 1 is 1.29 bits per heavy atom. The molecule has 0 aromatic heterocycles. The molecular formula is C13H17NO3. The van der Waals surface area contributed by atoms with E-state index in [1.807, 2.05) is 13.1 Å². The van der Waals surface area contributed by atoms with E-state index in [0.717, 1.165) is 24.5 Å². The number of nitrogens with zero attached hydrogens (tertiary/aromatic N) is 1. The molecule has 3 rings (SSSR count). The fraction of sp³-hybridized carbons (Fsp3) is 0.538. The summed E-state index contributed by atoms with van der Waals surface area (Å²) in [5, 5.41) is 9.50. The SMILES string of the molecule is CN1CCc2cc3c(cc2C1CO)OCCO3. The zero-order valence-corrected chi connectivity index (χ0v) is 9.98. The molecule has 0 fully saturated rings. The van der Waals surface area contributed by atoms with Gasteiger partial charge in [0.2, 0.25) is 0 Å². The van der Waals surface area contributed by atoms with Gasteiger partial charge in [0.1, 0.15) is 13.2 Å². The molecule has 2 heterocycles. The minimum Gasteiger partial charge on any atom is -0.486 e. The van der Waals surface area contributed by atoms with Gasteiger partial charge in [-0.05, 0) is 36.7 Å². The van der Waals surface area contributed by atoms with Crippen molar-refractivity contribution in [1.82, 2.24) is 4.90 Å². The van der Waals surface area contributed by atoms with Gasteiger partial charge in [0, 0.05) is 6.54 Å². The first kappa shape index (κ1) is 10.9. The van der Waals surface area contributed by atoms with Crippen LogP contribution in [-0.4, -0.2) is 43.4 Å². The fourth-order valence-corrected chi connectivity index (χ4v) is 2.60. The fourth-order valence-electron chi connectivity index (χ4n) is 2.60. The standard InChI is InChI=1S/C13H17NO3/c1-14-3-2-9-6-12-13(17-5-4-16-12)7-10(9)11(14)8-15/h6-7,11,15H,2-5,8H2,1H3. The number of benzene rings is 1. The molecule has 0 amide bonds. The molecule has 1 unspecified atom stereocenters. The van der Waals surface area contributed by atoms with Crippen LogP contribution in [0.15, 0.2) is 12.1 Å². The van der Waals surface area contributed by atoms with Crippen LogP contribution in [0.2, 0.25) is 0 Å². The van der Waals surface area contributed by atoms with E-state index >= 15 is 0 Å². The Hall–Kier alpha value is -1.26. The van der Waals surface area contributed by atoms with Crippen molar-refractivity contribution in [1.29, 1.82) is 0 Å². The molecule has 2 aliphatic rings. The summed E-state index contributed by atoms with van der Waals surface area (Å²) in [6.45, 7) is 2.33. The van der Waals surface area contributed by atoms with Crippen LogP contribution < -0.4 is 9.47 Å². The number of rotatable bonds is 1. The maximum Gasteiger partial charge on any atom is 0.161 e. The van der Waals surface area contributed by atoms with E-state index in [1.165, 1.54) is 11.1 Å². The number of hydrogen-bond acceptors (Lipinski definition) is 4. The predicted octanol–water partition coefficient (Wildman–Crippen LogP) is 0.979.